The van der Waals surface area contributed by atoms with Crippen LogP contribution in [0.25, 0.3) is 0 Å². The molecule has 0 aromatic heterocycles. The molecule has 92 valence electrons. The van der Waals surface area contributed by atoms with Gasteiger partial charge in [0.15, 0.2) is 0 Å². The van der Waals surface area contributed by atoms with Crippen molar-refractivity contribution in [2.24, 2.45) is 11.8 Å². The zero-order valence-corrected chi connectivity index (χ0v) is 11.7. The third-order valence-electron chi connectivity index (χ3n) is 2.26. The van der Waals surface area contributed by atoms with Crippen LogP contribution in [0.1, 0.15) is 27.7 Å². The number of ether oxygens (including phenoxy) is 1. The van der Waals surface area contributed by atoms with Gasteiger partial charge in [0.25, 0.3) is 0 Å². The van der Waals surface area contributed by atoms with Crippen LogP contribution in [0.5, 0.6) is 0 Å². The summed E-state index contributed by atoms with van der Waals surface area (Å²) in [5.74, 6) is 3.90. The maximum atomic E-state index is 5.19. The zero-order valence-electron chi connectivity index (χ0n) is 10.9. The van der Waals surface area contributed by atoms with Gasteiger partial charge in [-0.25, -0.2) is 0 Å². The Hall–Kier alpha value is 0.270. The second-order valence-corrected chi connectivity index (χ2v) is 5.88. The average molecular weight is 233 g/mol. The lowest BCUT2D eigenvalue weighted by atomic mass is 10.1. The van der Waals surface area contributed by atoms with E-state index in [2.05, 4.69) is 33.0 Å². The molecule has 0 amide bonds. The van der Waals surface area contributed by atoms with E-state index < -0.39 is 0 Å². The van der Waals surface area contributed by atoms with Gasteiger partial charge in [0.2, 0.25) is 0 Å². The number of hydrogen-bond donors (Lipinski definition) is 1. The number of hydrogen-bond acceptors (Lipinski definition) is 3. The lowest BCUT2D eigenvalue weighted by Crippen LogP contribution is -2.38. The Balaban J connectivity index is 3.45. The van der Waals surface area contributed by atoms with Crippen molar-refractivity contribution in [2.75, 3.05) is 31.8 Å². The van der Waals surface area contributed by atoms with Gasteiger partial charge in [0.1, 0.15) is 0 Å². The van der Waals surface area contributed by atoms with Gasteiger partial charge < -0.3 is 10.1 Å². The van der Waals surface area contributed by atoms with E-state index >= 15 is 0 Å². The highest BCUT2D eigenvalue weighted by atomic mass is 32.2. The van der Waals surface area contributed by atoms with Gasteiger partial charge in [0, 0.05) is 25.4 Å². The van der Waals surface area contributed by atoms with Crippen LogP contribution in [0.3, 0.4) is 0 Å². The summed E-state index contributed by atoms with van der Waals surface area (Å²) in [6.45, 7) is 10.9. The molecule has 0 saturated heterocycles. The summed E-state index contributed by atoms with van der Waals surface area (Å²) in [5, 5.41) is 3.55. The third-order valence-corrected chi connectivity index (χ3v) is 3.65. The van der Waals surface area contributed by atoms with Gasteiger partial charge in [-0.05, 0) is 17.6 Å². The van der Waals surface area contributed by atoms with Crippen molar-refractivity contribution in [3.8, 4) is 0 Å². The molecule has 0 bridgehead atoms. The lowest BCUT2D eigenvalue weighted by Gasteiger charge is -2.21. The minimum atomic E-state index is 0.495. The predicted octanol–water partition coefficient (Wildman–Crippen LogP) is 2.64. The van der Waals surface area contributed by atoms with E-state index in [1.165, 1.54) is 11.5 Å². The van der Waals surface area contributed by atoms with E-state index in [0.29, 0.717) is 12.0 Å². The van der Waals surface area contributed by atoms with Gasteiger partial charge in [-0.2, -0.15) is 11.8 Å². The largest absolute Gasteiger partial charge is 0.383 e. The Labute approximate surface area is 99.5 Å². The quantitative estimate of drug-likeness (QED) is 0.619. The smallest absolute Gasteiger partial charge is 0.0618 e. The van der Waals surface area contributed by atoms with Crippen LogP contribution in [-0.2, 0) is 4.74 Å². The molecular weight excluding hydrogens is 206 g/mol. The minimum Gasteiger partial charge on any atom is -0.383 e. The maximum absolute atomic E-state index is 5.19. The SMILES string of the molecule is COCC(NCCSCC(C)C)C(C)C. The van der Waals surface area contributed by atoms with Crippen molar-refractivity contribution < 1.29 is 4.74 Å². The van der Waals surface area contributed by atoms with Gasteiger partial charge in [-0.15, -0.1) is 0 Å². The van der Waals surface area contributed by atoms with E-state index in [-0.39, 0.29) is 0 Å². The number of methoxy groups -OCH3 is 1. The molecule has 0 aliphatic heterocycles. The molecule has 2 nitrogen and oxygen atoms in total. The van der Waals surface area contributed by atoms with Crippen LogP contribution in [0.15, 0.2) is 0 Å². The van der Waals surface area contributed by atoms with Crippen molar-refractivity contribution in [1.82, 2.24) is 5.32 Å². The molecule has 0 aromatic rings. The standard InChI is InChI=1S/C12H27NOS/c1-10(2)9-15-7-6-13-12(8-14-5)11(3)4/h10-13H,6-9H2,1-5H3. The van der Waals surface area contributed by atoms with Gasteiger partial charge in [-0.1, -0.05) is 27.7 Å². The lowest BCUT2D eigenvalue weighted by molar-refractivity contribution is 0.148. The van der Waals surface area contributed by atoms with E-state index in [9.17, 15) is 0 Å². The van der Waals surface area contributed by atoms with Crippen molar-refractivity contribution in [3.63, 3.8) is 0 Å². The molecule has 0 fully saturated rings. The van der Waals surface area contributed by atoms with Gasteiger partial charge in [0.05, 0.1) is 6.61 Å². The first kappa shape index (κ1) is 15.3. The topological polar surface area (TPSA) is 21.3 Å². The summed E-state index contributed by atoms with van der Waals surface area (Å²) in [7, 11) is 1.77. The van der Waals surface area contributed by atoms with Crippen LogP contribution in [-0.4, -0.2) is 37.8 Å². The highest BCUT2D eigenvalue weighted by Gasteiger charge is 2.11. The predicted molar refractivity (Wildman–Crippen MR) is 70.7 cm³/mol. The molecule has 0 spiro atoms. The molecule has 0 aliphatic rings. The molecule has 1 unspecified atom stereocenters. The average Bonchev–Trinajstić information content (AvgIpc) is 2.15. The summed E-state index contributed by atoms with van der Waals surface area (Å²) >= 11 is 2.03. The fourth-order valence-electron chi connectivity index (χ4n) is 1.30. The van der Waals surface area contributed by atoms with Crippen LogP contribution >= 0.6 is 11.8 Å². The number of nitrogens with one attached hydrogen (secondary N) is 1. The first-order valence-corrected chi connectivity index (χ1v) is 7.03. The molecule has 0 radical (unpaired) electrons. The van der Waals surface area contributed by atoms with Crippen LogP contribution in [0.4, 0.5) is 0 Å². The van der Waals surface area contributed by atoms with Crippen molar-refractivity contribution >= 4 is 11.8 Å². The van der Waals surface area contributed by atoms with E-state index in [1.807, 2.05) is 11.8 Å². The molecule has 0 aliphatic carbocycles. The van der Waals surface area contributed by atoms with Crippen LogP contribution in [0.2, 0.25) is 0 Å². The van der Waals surface area contributed by atoms with E-state index in [4.69, 9.17) is 4.74 Å². The third kappa shape index (κ3) is 9.21. The molecule has 0 heterocycles. The normalized spacial score (nSPS) is 13.8. The molecule has 0 rings (SSSR count). The molecule has 1 N–H and O–H groups in total. The monoisotopic (exact) mass is 233 g/mol. The van der Waals surface area contributed by atoms with Crippen molar-refractivity contribution in [1.29, 1.82) is 0 Å². The Kier molecular flexibility index (Phi) is 9.66. The fraction of sp³-hybridized carbons (Fsp3) is 1.00. The second-order valence-electron chi connectivity index (χ2n) is 4.73. The van der Waals surface area contributed by atoms with E-state index in [0.717, 1.165) is 19.1 Å². The van der Waals surface area contributed by atoms with Gasteiger partial charge in [-0.3, -0.25) is 0 Å². The summed E-state index contributed by atoms with van der Waals surface area (Å²) in [5.41, 5.74) is 0. The Morgan fingerprint density at radius 3 is 2.33 bits per heavy atom. The molecule has 0 aromatic carbocycles. The summed E-state index contributed by atoms with van der Waals surface area (Å²) in [6, 6.07) is 0.495. The summed E-state index contributed by atoms with van der Waals surface area (Å²) in [6.07, 6.45) is 0. The van der Waals surface area contributed by atoms with Crippen LogP contribution < -0.4 is 5.32 Å². The highest BCUT2D eigenvalue weighted by Crippen LogP contribution is 2.07. The number of thioether (sulfide) groups is 1. The van der Waals surface area contributed by atoms with Crippen molar-refractivity contribution in [2.45, 2.75) is 33.7 Å². The zero-order chi connectivity index (χ0) is 11.7. The van der Waals surface area contributed by atoms with Gasteiger partial charge >= 0.3 is 0 Å². The molecular formula is C12H27NOS. The Morgan fingerprint density at radius 1 is 1.20 bits per heavy atom. The fourth-order valence-corrected chi connectivity index (χ4v) is 2.20. The maximum Gasteiger partial charge on any atom is 0.0618 e. The summed E-state index contributed by atoms with van der Waals surface area (Å²) < 4.78 is 5.19. The highest BCUT2D eigenvalue weighted by molar-refractivity contribution is 7.99. The Bertz CT molecular complexity index is 140. The Morgan fingerprint density at radius 2 is 1.87 bits per heavy atom. The molecule has 15 heavy (non-hydrogen) atoms. The minimum absolute atomic E-state index is 0.495. The van der Waals surface area contributed by atoms with Crippen LogP contribution in [0, 0.1) is 11.8 Å². The first-order chi connectivity index (χ1) is 7.07. The molecule has 0 saturated carbocycles. The van der Waals surface area contributed by atoms with E-state index in [1.54, 1.807) is 7.11 Å². The molecule has 1 atom stereocenters. The summed E-state index contributed by atoms with van der Waals surface area (Å²) in [4.78, 5) is 0. The first-order valence-electron chi connectivity index (χ1n) is 5.88. The van der Waals surface area contributed by atoms with Crippen molar-refractivity contribution in [3.05, 3.63) is 0 Å². The number of rotatable bonds is 9. The second kappa shape index (κ2) is 9.49. The molecule has 3 heteroatoms.